The fourth-order valence-electron chi connectivity index (χ4n) is 6.07. The molecule has 0 saturated carbocycles. The largest absolute Gasteiger partial charge is 0.756 e. The van der Waals surface area contributed by atoms with E-state index in [2.05, 4.69) is 105 Å². The minimum Gasteiger partial charge on any atom is -0.756 e. The molecule has 0 bridgehead atoms. The number of hydrogen-bond acceptors (Lipinski definition) is 8. The Balaban J connectivity index is 4.31. The van der Waals surface area contributed by atoms with Crippen molar-refractivity contribution in [2.45, 2.75) is 174 Å². The Morgan fingerprint density at radius 2 is 0.891 bits per heavy atom. The van der Waals surface area contributed by atoms with Crippen molar-refractivity contribution in [3.63, 3.8) is 0 Å². The number of likely N-dealkylation sites (N-methyl/N-ethyl adjacent to an activating group) is 1. The summed E-state index contributed by atoms with van der Waals surface area (Å²) < 4.78 is 33.8. The van der Waals surface area contributed by atoms with Crippen LogP contribution in [0.3, 0.4) is 0 Å². The third kappa shape index (κ3) is 48.1. The summed E-state index contributed by atoms with van der Waals surface area (Å²) in [6, 6.07) is 0. The van der Waals surface area contributed by atoms with Gasteiger partial charge in [0.15, 0.2) is 6.10 Å². The fraction of sp³-hybridized carbons (Fsp3) is 0.630. The highest BCUT2D eigenvalue weighted by atomic mass is 31.2. The molecule has 0 N–H and O–H groups in total. The number of unbranched alkanes of at least 4 members (excludes halogenated alkanes) is 12. The lowest BCUT2D eigenvalue weighted by atomic mass is 10.0. The maximum atomic E-state index is 12.6. The summed E-state index contributed by atoms with van der Waals surface area (Å²) >= 11 is 0. The maximum Gasteiger partial charge on any atom is 0.310 e. The number of carbonyl (C=O) groups is 2. The Labute approximate surface area is 391 Å². The number of phosphoric acid groups is 1. The number of nitrogens with zero attached hydrogens (tertiary/aromatic N) is 1. The van der Waals surface area contributed by atoms with Crippen molar-refractivity contribution in [2.24, 2.45) is 0 Å². The van der Waals surface area contributed by atoms with Gasteiger partial charge in [0.05, 0.1) is 34.2 Å². The number of esters is 2. The first-order chi connectivity index (χ1) is 31.0. The van der Waals surface area contributed by atoms with Crippen molar-refractivity contribution < 1.29 is 42.1 Å². The average Bonchev–Trinajstić information content (AvgIpc) is 3.25. The van der Waals surface area contributed by atoms with E-state index in [0.29, 0.717) is 23.9 Å². The number of carbonyl (C=O) groups excluding carboxylic acids is 2. The molecule has 0 amide bonds. The summed E-state index contributed by atoms with van der Waals surface area (Å²) in [5.74, 6) is -0.993. The number of allylic oxidation sites excluding steroid dienone is 17. The minimum atomic E-state index is -4.66. The van der Waals surface area contributed by atoms with E-state index in [9.17, 15) is 19.0 Å². The van der Waals surface area contributed by atoms with Crippen LogP contribution in [0.5, 0.6) is 0 Å². The van der Waals surface area contributed by atoms with Crippen LogP contribution in [0.2, 0.25) is 0 Å². The molecule has 0 aromatic rings. The van der Waals surface area contributed by atoms with Crippen LogP contribution in [0.4, 0.5) is 0 Å². The number of quaternary nitrogens is 1. The van der Waals surface area contributed by atoms with E-state index in [1.54, 1.807) is 6.08 Å². The van der Waals surface area contributed by atoms with Gasteiger partial charge in [-0.3, -0.25) is 14.2 Å². The van der Waals surface area contributed by atoms with Gasteiger partial charge in [-0.15, -0.1) is 0 Å². The van der Waals surface area contributed by atoms with Gasteiger partial charge in [0.25, 0.3) is 7.82 Å². The van der Waals surface area contributed by atoms with Crippen LogP contribution in [0.25, 0.3) is 0 Å². The molecule has 0 spiro atoms. The van der Waals surface area contributed by atoms with Crippen LogP contribution in [-0.2, 0) is 32.7 Å². The Morgan fingerprint density at radius 3 is 1.33 bits per heavy atom. The molecule has 10 heteroatoms. The van der Waals surface area contributed by atoms with Crippen LogP contribution in [0, 0.1) is 0 Å². The topological polar surface area (TPSA) is 111 Å². The molecule has 0 rings (SSSR count). The summed E-state index contributed by atoms with van der Waals surface area (Å²) in [4.78, 5) is 37.6. The maximum absolute atomic E-state index is 12.6. The molecular weight excluding hydrogens is 822 g/mol. The van der Waals surface area contributed by atoms with Crippen molar-refractivity contribution in [3.05, 3.63) is 109 Å². The van der Waals surface area contributed by atoms with Gasteiger partial charge < -0.3 is 27.9 Å². The third-order valence-corrected chi connectivity index (χ3v) is 10.8. The smallest absolute Gasteiger partial charge is 0.310 e. The normalized spacial score (nSPS) is 14.4. The highest BCUT2D eigenvalue weighted by molar-refractivity contribution is 7.45. The zero-order chi connectivity index (χ0) is 47.1. The van der Waals surface area contributed by atoms with Gasteiger partial charge in [0.1, 0.15) is 19.8 Å². The summed E-state index contributed by atoms with van der Waals surface area (Å²) in [6.45, 7) is 3.87. The van der Waals surface area contributed by atoms with Crippen LogP contribution >= 0.6 is 7.82 Å². The van der Waals surface area contributed by atoms with Gasteiger partial charge in [0, 0.05) is 6.42 Å². The molecule has 0 radical (unpaired) electrons. The standard InChI is InChI=1S/C54H90NO8P/c1-6-8-10-12-14-16-18-20-22-23-24-25-26-27-28-29-30-31-33-34-36-38-40-42-44-46-53(56)60-50-52(51-62-64(58,59)61-49-48-55(3,4)5)63-54(57)47-45-43-41-39-37-35-32-21-19-17-15-13-11-9-7-2/h8-11,14-17,20-22,24-25,32,37,39,43,45,52H,6-7,12-13,18-19,23,26-31,33-36,38,40-42,44,46-51H2,1-5H3/b10-8-,11-9-,16-14-,17-15-,22-20-,25-24-,32-21-,39-37-,45-43-. The van der Waals surface area contributed by atoms with E-state index < -0.39 is 32.5 Å². The van der Waals surface area contributed by atoms with E-state index in [1.165, 1.54) is 57.8 Å². The number of phosphoric ester groups is 1. The minimum absolute atomic E-state index is 0.0131. The van der Waals surface area contributed by atoms with Crippen molar-refractivity contribution in [1.29, 1.82) is 0 Å². The summed E-state index contributed by atoms with van der Waals surface area (Å²) in [5.41, 5.74) is 0. The predicted octanol–water partition coefficient (Wildman–Crippen LogP) is 14.1. The summed E-state index contributed by atoms with van der Waals surface area (Å²) in [6.07, 6.45) is 61.6. The molecule has 364 valence electrons. The molecule has 0 aliphatic heterocycles. The van der Waals surface area contributed by atoms with E-state index in [4.69, 9.17) is 18.5 Å². The zero-order valence-electron chi connectivity index (χ0n) is 40.9. The Morgan fingerprint density at radius 1 is 0.500 bits per heavy atom. The van der Waals surface area contributed by atoms with Crippen LogP contribution < -0.4 is 4.89 Å². The molecule has 2 unspecified atom stereocenters. The molecule has 0 aromatic carbocycles. The molecule has 0 saturated heterocycles. The highest BCUT2D eigenvalue weighted by Gasteiger charge is 2.21. The first-order valence-electron chi connectivity index (χ1n) is 24.6. The molecule has 0 aromatic heterocycles. The van der Waals surface area contributed by atoms with E-state index in [-0.39, 0.29) is 26.1 Å². The lowest BCUT2D eigenvalue weighted by Crippen LogP contribution is -2.37. The second kappa shape index (κ2) is 44.9. The lowest BCUT2D eigenvalue weighted by Gasteiger charge is -2.28. The lowest BCUT2D eigenvalue weighted by molar-refractivity contribution is -0.870. The van der Waals surface area contributed by atoms with E-state index in [1.807, 2.05) is 33.3 Å². The molecule has 0 fully saturated rings. The van der Waals surface area contributed by atoms with E-state index in [0.717, 1.165) is 70.6 Å². The van der Waals surface area contributed by atoms with Crippen LogP contribution in [0.15, 0.2) is 109 Å². The zero-order valence-corrected chi connectivity index (χ0v) is 41.8. The summed E-state index contributed by atoms with van der Waals surface area (Å²) in [5, 5.41) is 0. The fourth-order valence-corrected chi connectivity index (χ4v) is 6.80. The summed E-state index contributed by atoms with van der Waals surface area (Å²) in [7, 11) is 1.09. The molecule has 64 heavy (non-hydrogen) atoms. The SMILES string of the molecule is CC/C=C\C/C=C\C/C=C\C/C=C\C/C=C\CC(=O)OC(COC(=O)CCCCCCCCCCCCCC/C=C\C/C=C\C/C=C\C/C=C\CC)COP(=O)([O-])OCC[N+](C)(C)C. The van der Waals surface area contributed by atoms with Gasteiger partial charge in [-0.2, -0.15) is 0 Å². The van der Waals surface area contributed by atoms with Gasteiger partial charge in [-0.25, -0.2) is 0 Å². The number of ether oxygens (including phenoxy) is 2. The van der Waals surface area contributed by atoms with Crippen molar-refractivity contribution in [3.8, 4) is 0 Å². The Bertz CT molecular complexity index is 1450. The third-order valence-electron chi connectivity index (χ3n) is 9.82. The second-order valence-electron chi connectivity index (χ2n) is 17.1. The van der Waals surface area contributed by atoms with E-state index >= 15 is 0 Å². The van der Waals surface area contributed by atoms with Gasteiger partial charge in [-0.05, 0) is 77.0 Å². The van der Waals surface area contributed by atoms with Gasteiger partial charge >= 0.3 is 11.9 Å². The molecule has 0 aliphatic carbocycles. The van der Waals surface area contributed by atoms with Crippen molar-refractivity contribution in [2.75, 3.05) is 47.5 Å². The van der Waals surface area contributed by atoms with Crippen molar-refractivity contribution in [1.82, 2.24) is 0 Å². The number of hydrogen-bond donors (Lipinski definition) is 0. The Hall–Kier alpha value is -3.33. The molecule has 9 nitrogen and oxygen atoms in total. The Kier molecular flexibility index (Phi) is 42.5. The molecular formula is C54H90NO8P. The molecule has 0 heterocycles. The molecule has 2 atom stereocenters. The number of rotatable bonds is 43. The average molecular weight is 912 g/mol. The van der Waals surface area contributed by atoms with Gasteiger partial charge in [-0.1, -0.05) is 187 Å². The molecule has 0 aliphatic rings. The predicted molar refractivity (Wildman–Crippen MR) is 268 cm³/mol. The van der Waals surface area contributed by atoms with Crippen LogP contribution in [0.1, 0.15) is 168 Å². The first kappa shape index (κ1) is 60.7. The highest BCUT2D eigenvalue weighted by Crippen LogP contribution is 2.38. The monoisotopic (exact) mass is 912 g/mol. The quantitative estimate of drug-likeness (QED) is 0.0195. The first-order valence-corrected chi connectivity index (χ1v) is 26.1. The van der Waals surface area contributed by atoms with Gasteiger partial charge in [0.2, 0.25) is 0 Å². The van der Waals surface area contributed by atoms with Crippen LogP contribution in [-0.4, -0.2) is 70.0 Å². The van der Waals surface area contributed by atoms with Crippen molar-refractivity contribution >= 4 is 19.8 Å². The second-order valence-corrected chi connectivity index (χ2v) is 18.5.